The molecule has 0 saturated heterocycles. The number of hydrogen-bond donors (Lipinski definition) is 1. The quantitative estimate of drug-likeness (QED) is 0.682. The molecule has 3 rings (SSSR count). The maximum Gasteiger partial charge on any atom is 0.257 e. The molecule has 6 heteroatoms. The molecule has 0 spiro atoms. The molecule has 4 nitrogen and oxygen atoms in total. The van der Waals surface area contributed by atoms with Crippen LogP contribution in [-0.2, 0) is 16.3 Å². The van der Waals surface area contributed by atoms with Gasteiger partial charge >= 0.3 is 0 Å². The highest BCUT2D eigenvalue weighted by molar-refractivity contribution is 7.90. The lowest BCUT2D eigenvalue weighted by atomic mass is 10.0. The van der Waals surface area contributed by atoms with Crippen LogP contribution >= 0.6 is 11.6 Å². The Morgan fingerprint density at radius 3 is 2.33 bits per heavy atom. The average Bonchev–Trinajstić information content (AvgIpc) is 2.63. The van der Waals surface area contributed by atoms with E-state index < -0.39 is 15.7 Å². The van der Waals surface area contributed by atoms with E-state index in [0.29, 0.717) is 12.1 Å². The zero-order valence-corrected chi connectivity index (χ0v) is 16.2. The van der Waals surface area contributed by atoms with Crippen molar-refractivity contribution in [3.05, 3.63) is 94.5 Å². The van der Waals surface area contributed by atoms with Gasteiger partial charge in [0, 0.05) is 11.9 Å². The van der Waals surface area contributed by atoms with Crippen LogP contribution in [0.15, 0.2) is 77.7 Å². The van der Waals surface area contributed by atoms with E-state index in [1.807, 2.05) is 54.6 Å². The largest absolute Gasteiger partial charge is 0.322 e. The number of rotatable bonds is 5. The van der Waals surface area contributed by atoms with Gasteiger partial charge in [-0.15, -0.1) is 0 Å². The summed E-state index contributed by atoms with van der Waals surface area (Å²) in [5.74, 6) is -0.453. The topological polar surface area (TPSA) is 63.2 Å². The Morgan fingerprint density at radius 2 is 1.63 bits per heavy atom. The number of carbonyl (C=O) groups excluding carboxylic acids is 1. The van der Waals surface area contributed by atoms with Gasteiger partial charge in [0.25, 0.3) is 5.91 Å². The fraction of sp³-hybridized carbons (Fsp3) is 0.0952. The molecule has 0 aliphatic carbocycles. The van der Waals surface area contributed by atoms with E-state index in [2.05, 4.69) is 5.32 Å². The van der Waals surface area contributed by atoms with Crippen LogP contribution < -0.4 is 5.32 Å². The van der Waals surface area contributed by atoms with Crippen molar-refractivity contribution in [2.24, 2.45) is 0 Å². The fourth-order valence-corrected chi connectivity index (χ4v) is 3.56. The Labute approximate surface area is 163 Å². The lowest BCUT2D eigenvalue weighted by Crippen LogP contribution is -2.15. The first kappa shape index (κ1) is 19.1. The van der Waals surface area contributed by atoms with Crippen molar-refractivity contribution >= 4 is 33.0 Å². The number of amides is 1. The molecule has 1 amide bonds. The fourth-order valence-electron chi connectivity index (χ4n) is 2.71. The van der Waals surface area contributed by atoms with E-state index in [1.165, 1.54) is 18.2 Å². The summed E-state index contributed by atoms with van der Waals surface area (Å²) in [4.78, 5) is 12.8. The highest BCUT2D eigenvalue weighted by Crippen LogP contribution is 2.24. The number of carbonyl (C=O) groups is 1. The number of nitrogens with one attached hydrogen (secondary N) is 1. The van der Waals surface area contributed by atoms with E-state index in [-0.39, 0.29) is 15.5 Å². The van der Waals surface area contributed by atoms with Crippen molar-refractivity contribution in [3.63, 3.8) is 0 Å². The zero-order chi connectivity index (χ0) is 19.4. The summed E-state index contributed by atoms with van der Waals surface area (Å²) in [5, 5.41) is 3.04. The van der Waals surface area contributed by atoms with Crippen molar-refractivity contribution in [1.29, 1.82) is 0 Å². The van der Waals surface area contributed by atoms with E-state index in [4.69, 9.17) is 11.6 Å². The first-order chi connectivity index (χ1) is 12.8. The van der Waals surface area contributed by atoms with Gasteiger partial charge in [-0.2, -0.15) is 0 Å². The van der Waals surface area contributed by atoms with Crippen molar-refractivity contribution in [2.75, 3.05) is 11.6 Å². The zero-order valence-electron chi connectivity index (χ0n) is 14.6. The SMILES string of the molecule is CS(=O)(=O)c1ccc(Cl)c(C(=O)Nc2ccccc2Cc2ccccc2)c1. The Hall–Kier alpha value is -2.63. The summed E-state index contributed by atoms with van der Waals surface area (Å²) in [6, 6.07) is 21.5. The van der Waals surface area contributed by atoms with Gasteiger partial charge in [0.05, 0.1) is 15.5 Å². The molecule has 3 aromatic rings. The molecule has 138 valence electrons. The van der Waals surface area contributed by atoms with Crippen LogP contribution in [0.1, 0.15) is 21.5 Å². The Kier molecular flexibility index (Phi) is 5.63. The molecular formula is C21H18ClNO3S. The van der Waals surface area contributed by atoms with E-state index in [9.17, 15) is 13.2 Å². The predicted molar refractivity (Wildman–Crippen MR) is 108 cm³/mol. The van der Waals surface area contributed by atoms with Crippen LogP contribution in [0.3, 0.4) is 0 Å². The van der Waals surface area contributed by atoms with Crippen LogP contribution in [0.5, 0.6) is 0 Å². The summed E-state index contributed by atoms with van der Waals surface area (Å²) >= 11 is 6.12. The predicted octanol–water partition coefficient (Wildman–Crippen LogP) is 4.59. The highest BCUT2D eigenvalue weighted by atomic mass is 35.5. The number of sulfone groups is 1. The third-order valence-corrected chi connectivity index (χ3v) is 5.55. The lowest BCUT2D eigenvalue weighted by molar-refractivity contribution is 0.102. The van der Waals surface area contributed by atoms with Gasteiger partial charge in [0.15, 0.2) is 9.84 Å². The summed E-state index contributed by atoms with van der Waals surface area (Å²) < 4.78 is 23.5. The number of para-hydroxylation sites is 1. The van der Waals surface area contributed by atoms with E-state index >= 15 is 0 Å². The van der Waals surface area contributed by atoms with Crippen LogP contribution in [0.4, 0.5) is 5.69 Å². The molecule has 27 heavy (non-hydrogen) atoms. The van der Waals surface area contributed by atoms with E-state index in [1.54, 1.807) is 0 Å². The molecule has 0 aromatic heterocycles. The second-order valence-corrected chi connectivity index (χ2v) is 8.61. The van der Waals surface area contributed by atoms with Gasteiger partial charge in [0.2, 0.25) is 0 Å². The molecule has 0 bridgehead atoms. The normalized spacial score (nSPS) is 11.2. The molecule has 0 unspecified atom stereocenters. The first-order valence-corrected chi connectivity index (χ1v) is 10.5. The lowest BCUT2D eigenvalue weighted by Gasteiger charge is -2.12. The number of benzene rings is 3. The second kappa shape index (κ2) is 7.94. The monoisotopic (exact) mass is 399 g/mol. The van der Waals surface area contributed by atoms with Gasteiger partial charge < -0.3 is 5.32 Å². The number of halogens is 1. The molecule has 0 saturated carbocycles. The molecule has 3 aromatic carbocycles. The Balaban J connectivity index is 1.89. The summed E-state index contributed by atoms with van der Waals surface area (Å²) in [7, 11) is -3.44. The van der Waals surface area contributed by atoms with Crippen LogP contribution in [-0.4, -0.2) is 20.6 Å². The Morgan fingerprint density at radius 1 is 0.963 bits per heavy atom. The van der Waals surface area contributed by atoms with Crippen molar-refractivity contribution < 1.29 is 13.2 Å². The van der Waals surface area contributed by atoms with E-state index in [0.717, 1.165) is 17.4 Å². The maximum atomic E-state index is 12.7. The molecule has 0 aliphatic heterocycles. The number of hydrogen-bond acceptors (Lipinski definition) is 3. The smallest absolute Gasteiger partial charge is 0.257 e. The molecule has 0 aliphatic rings. The summed E-state index contributed by atoms with van der Waals surface area (Å²) in [6.07, 6.45) is 1.75. The maximum absolute atomic E-state index is 12.7. The first-order valence-electron chi connectivity index (χ1n) is 8.27. The third-order valence-electron chi connectivity index (χ3n) is 4.11. The summed E-state index contributed by atoms with van der Waals surface area (Å²) in [5.41, 5.74) is 2.85. The van der Waals surface area contributed by atoms with Crippen LogP contribution in [0.25, 0.3) is 0 Å². The average molecular weight is 400 g/mol. The van der Waals surface area contributed by atoms with Gasteiger partial charge in [-0.3, -0.25) is 4.79 Å². The standard InChI is InChI=1S/C21H18ClNO3S/c1-27(25,26)17-11-12-19(22)18(14-17)21(24)23-20-10-6-5-9-16(20)13-15-7-3-2-4-8-15/h2-12,14H,13H2,1H3,(H,23,24). The van der Waals surface area contributed by atoms with Gasteiger partial charge in [-0.05, 0) is 41.8 Å². The minimum absolute atomic E-state index is 0.0506. The van der Waals surface area contributed by atoms with Crippen molar-refractivity contribution in [2.45, 2.75) is 11.3 Å². The molecule has 0 radical (unpaired) electrons. The van der Waals surface area contributed by atoms with Crippen molar-refractivity contribution in [1.82, 2.24) is 0 Å². The minimum Gasteiger partial charge on any atom is -0.322 e. The second-order valence-electron chi connectivity index (χ2n) is 6.19. The minimum atomic E-state index is -3.44. The van der Waals surface area contributed by atoms with Crippen molar-refractivity contribution in [3.8, 4) is 0 Å². The van der Waals surface area contributed by atoms with Gasteiger partial charge in [-0.25, -0.2) is 8.42 Å². The molecular weight excluding hydrogens is 382 g/mol. The molecule has 0 fully saturated rings. The molecule has 0 atom stereocenters. The highest BCUT2D eigenvalue weighted by Gasteiger charge is 2.16. The van der Waals surface area contributed by atoms with Crippen LogP contribution in [0, 0.1) is 0 Å². The third kappa shape index (κ3) is 4.76. The number of anilines is 1. The Bertz CT molecular complexity index is 1080. The van der Waals surface area contributed by atoms with Crippen LogP contribution in [0.2, 0.25) is 5.02 Å². The summed E-state index contributed by atoms with van der Waals surface area (Å²) in [6.45, 7) is 0. The molecule has 0 heterocycles. The van der Waals surface area contributed by atoms with Gasteiger partial charge in [-0.1, -0.05) is 60.1 Å². The van der Waals surface area contributed by atoms with Gasteiger partial charge in [0.1, 0.15) is 0 Å². The molecule has 1 N–H and O–H groups in total.